The summed E-state index contributed by atoms with van der Waals surface area (Å²) in [7, 11) is 0. The fourth-order valence-electron chi connectivity index (χ4n) is 2.17. The summed E-state index contributed by atoms with van der Waals surface area (Å²) in [5, 5.41) is 3.30. The summed E-state index contributed by atoms with van der Waals surface area (Å²) >= 11 is 0. The van der Waals surface area contributed by atoms with Crippen LogP contribution in [0.25, 0.3) is 0 Å². The van der Waals surface area contributed by atoms with E-state index in [2.05, 4.69) is 17.4 Å². The molecular weight excluding hydrogens is 186 g/mol. The van der Waals surface area contributed by atoms with E-state index in [0.29, 0.717) is 11.7 Å². The zero-order valence-electron chi connectivity index (χ0n) is 8.75. The Morgan fingerprint density at radius 1 is 1.27 bits per heavy atom. The molecule has 1 aromatic carbocycles. The fourth-order valence-corrected chi connectivity index (χ4v) is 2.17. The number of hydrogen-bond donors (Lipinski definition) is 1. The molecule has 1 heterocycles. The largest absolute Gasteiger partial charge is 0.309 e. The van der Waals surface area contributed by atoms with Gasteiger partial charge in [0.1, 0.15) is 0 Å². The van der Waals surface area contributed by atoms with Gasteiger partial charge in [0.2, 0.25) is 0 Å². The van der Waals surface area contributed by atoms with Crippen LogP contribution in [0.3, 0.4) is 0 Å². The Morgan fingerprint density at radius 3 is 2.87 bits per heavy atom. The van der Waals surface area contributed by atoms with E-state index in [9.17, 15) is 4.79 Å². The quantitative estimate of drug-likeness (QED) is 0.760. The molecule has 1 aliphatic heterocycles. The number of ketones is 1. The molecule has 1 N–H and O–H groups in total. The van der Waals surface area contributed by atoms with Crippen molar-refractivity contribution in [1.82, 2.24) is 5.32 Å². The molecule has 0 radical (unpaired) electrons. The summed E-state index contributed by atoms with van der Waals surface area (Å²) in [5.74, 6) is 1.01. The molecule has 1 fully saturated rings. The molecular formula is C13H15NO. The van der Waals surface area contributed by atoms with Crippen molar-refractivity contribution < 1.29 is 4.79 Å². The highest BCUT2D eigenvalue weighted by Crippen LogP contribution is 2.33. The van der Waals surface area contributed by atoms with Crippen molar-refractivity contribution in [1.29, 1.82) is 0 Å². The van der Waals surface area contributed by atoms with Crippen LogP contribution in [-0.4, -0.2) is 5.78 Å². The Kier molecular flexibility index (Phi) is 2.10. The molecule has 2 nitrogen and oxygen atoms in total. The fraction of sp³-hybridized carbons (Fsp3) is 0.462. The smallest absolute Gasteiger partial charge is 0.163 e. The third-order valence-corrected chi connectivity index (χ3v) is 3.33. The highest BCUT2D eigenvalue weighted by Gasteiger charge is 2.25. The number of benzene rings is 1. The van der Waals surface area contributed by atoms with Crippen molar-refractivity contribution in [3.8, 4) is 0 Å². The van der Waals surface area contributed by atoms with E-state index in [-0.39, 0.29) is 0 Å². The van der Waals surface area contributed by atoms with Gasteiger partial charge in [-0.05, 0) is 36.0 Å². The van der Waals surface area contributed by atoms with Gasteiger partial charge in [-0.25, -0.2) is 0 Å². The minimum Gasteiger partial charge on any atom is -0.309 e. The average Bonchev–Trinajstić information content (AvgIpc) is 2.94. The Bertz CT molecular complexity index is 407. The molecule has 2 aliphatic rings. The van der Waals surface area contributed by atoms with E-state index in [1.54, 1.807) is 0 Å². The zero-order chi connectivity index (χ0) is 10.3. The van der Waals surface area contributed by atoms with E-state index in [1.807, 2.05) is 6.07 Å². The van der Waals surface area contributed by atoms with Crippen molar-refractivity contribution in [3.05, 3.63) is 34.9 Å². The Balaban J connectivity index is 1.82. The number of nitrogens with one attached hydrogen (secondary N) is 1. The Hall–Kier alpha value is -1.15. The molecule has 0 aromatic heterocycles. The summed E-state index contributed by atoms with van der Waals surface area (Å²) in [4.78, 5) is 11.9. The van der Waals surface area contributed by atoms with Gasteiger partial charge in [0.05, 0.1) is 0 Å². The summed E-state index contributed by atoms with van der Waals surface area (Å²) in [5.41, 5.74) is 3.55. The summed E-state index contributed by atoms with van der Waals surface area (Å²) in [6, 6.07) is 6.14. The van der Waals surface area contributed by atoms with Gasteiger partial charge in [0, 0.05) is 25.1 Å². The number of hydrogen-bond acceptors (Lipinski definition) is 2. The van der Waals surface area contributed by atoms with E-state index < -0.39 is 0 Å². The molecule has 1 saturated carbocycles. The van der Waals surface area contributed by atoms with Gasteiger partial charge in [-0.15, -0.1) is 0 Å². The van der Waals surface area contributed by atoms with Crippen molar-refractivity contribution in [2.24, 2.45) is 5.92 Å². The minimum absolute atomic E-state index is 0.326. The number of carbonyl (C=O) groups excluding carboxylic acids is 1. The van der Waals surface area contributed by atoms with Gasteiger partial charge >= 0.3 is 0 Å². The summed E-state index contributed by atoms with van der Waals surface area (Å²) in [6.45, 7) is 1.87. The van der Waals surface area contributed by atoms with Crippen LogP contribution >= 0.6 is 0 Å². The summed E-state index contributed by atoms with van der Waals surface area (Å²) in [6.07, 6.45) is 3.25. The number of rotatable bonds is 3. The van der Waals surface area contributed by atoms with Gasteiger partial charge in [-0.3, -0.25) is 4.79 Å². The molecule has 0 bridgehead atoms. The first-order valence-corrected chi connectivity index (χ1v) is 5.68. The second-order valence-corrected chi connectivity index (χ2v) is 4.66. The van der Waals surface area contributed by atoms with E-state index in [0.717, 1.165) is 25.1 Å². The number of Topliss-reactive ketones (excluding diaryl/α,β-unsaturated/α-hetero) is 1. The van der Waals surface area contributed by atoms with Crippen LogP contribution < -0.4 is 5.32 Å². The third-order valence-electron chi connectivity index (χ3n) is 3.33. The maximum atomic E-state index is 11.9. The van der Waals surface area contributed by atoms with Gasteiger partial charge in [-0.2, -0.15) is 0 Å². The van der Waals surface area contributed by atoms with Gasteiger partial charge in [0.25, 0.3) is 0 Å². The lowest BCUT2D eigenvalue weighted by atomic mass is 10.0. The molecule has 78 valence electrons. The van der Waals surface area contributed by atoms with Crippen LogP contribution in [0.5, 0.6) is 0 Å². The zero-order valence-corrected chi connectivity index (χ0v) is 8.75. The monoisotopic (exact) mass is 201 g/mol. The molecule has 0 amide bonds. The van der Waals surface area contributed by atoms with Crippen molar-refractivity contribution in [3.63, 3.8) is 0 Å². The third kappa shape index (κ3) is 1.82. The van der Waals surface area contributed by atoms with Crippen LogP contribution in [0.4, 0.5) is 0 Å². The van der Waals surface area contributed by atoms with Crippen molar-refractivity contribution in [2.45, 2.75) is 32.4 Å². The number of fused-ring (bicyclic) bond motifs is 1. The maximum Gasteiger partial charge on any atom is 0.163 e. The number of carbonyl (C=O) groups is 1. The average molecular weight is 201 g/mol. The van der Waals surface area contributed by atoms with Gasteiger partial charge in [-0.1, -0.05) is 12.1 Å². The van der Waals surface area contributed by atoms with Crippen molar-refractivity contribution >= 4 is 5.78 Å². The predicted octanol–water partition coefficient (Wildman–Crippen LogP) is 2.27. The molecule has 2 heteroatoms. The predicted molar refractivity (Wildman–Crippen MR) is 58.7 cm³/mol. The molecule has 3 rings (SSSR count). The highest BCUT2D eigenvalue weighted by atomic mass is 16.1. The van der Waals surface area contributed by atoms with Crippen LogP contribution in [0.1, 0.15) is 40.7 Å². The standard InChI is InChI=1S/C13H15NO/c15-13(5-9-1-2-9)10-3-4-11-7-14-8-12(11)6-10/h3-4,6,9,14H,1-2,5,7-8H2. The van der Waals surface area contributed by atoms with Crippen molar-refractivity contribution in [2.75, 3.05) is 0 Å². The lowest BCUT2D eigenvalue weighted by molar-refractivity contribution is 0.0976. The topological polar surface area (TPSA) is 29.1 Å². The highest BCUT2D eigenvalue weighted by molar-refractivity contribution is 5.96. The van der Waals surface area contributed by atoms with E-state index >= 15 is 0 Å². The first kappa shape index (κ1) is 9.10. The molecule has 1 aromatic rings. The Labute approximate surface area is 89.7 Å². The molecule has 1 aliphatic carbocycles. The van der Waals surface area contributed by atoms with Crippen LogP contribution in [0, 0.1) is 5.92 Å². The molecule has 0 saturated heterocycles. The normalized spacial score (nSPS) is 18.9. The van der Waals surface area contributed by atoms with E-state index in [4.69, 9.17) is 0 Å². The second-order valence-electron chi connectivity index (χ2n) is 4.66. The molecule has 0 spiro atoms. The maximum absolute atomic E-state index is 11.9. The molecule has 0 atom stereocenters. The molecule has 0 unspecified atom stereocenters. The van der Waals surface area contributed by atoms with Gasteiger partial charge < -0.3 is 5.32 Å². The van der Waals surface area contributed by atoms with Crippen LogP contribution in [0.2, 0.25) is 0 Å². The summed E-state index contributed by atoms with van der Waals surface area (Å²) < 4.78 is 0. The minimum atomic E-state index is 0.326. The lowest BCUT2D eigenvalue weighted by Crippen LogP contribution is -2.01. The molecule has 15 heavy (non-hydrogen) atoms. The Morgan fingerprint density at radius 2 is 2.07 bits per heavy atom. The van der Waals surface area contributed by atoms with Crippen LogP contribution in [-0.2, 0) is 13.1 Å². The van der Waals surface area contributed by atoms with Gasteiger partial charge in [0.15, 0.2) is 5.78 Å². The van der Waals surface area contributed by atoms with Crippen LogP contribution in [0.15, 0.2) is 18.2 Å². The lowest BCUT2D eigenvalue weighted by Gasteiger charge is -2.02. The first-order chi connectivity index (χ1) is 7.33. The SMILES string of the molecule is O=C(CC1CC1)c1ccc2c(c1)CNC2. The first-order valence-electron chi connectivity index (χ1n) is 5.68. The second kappa shape index (κ2) is 3.46. The van der Waals surface area contributed by atoms with E-state index in [1.165, 1.54) is 24.0 Å².